The van der Waals surface area contributed by atoms with Gasteiger partial charge >= 0.3 is 0 Å². The van der Waals surface area contributed by atoms with E-state index in [1.165, 1.54) is 25.7 Å². The average Bonchev–Trinajstić information content (AvgIpc) is 2.67. The minimum absolute atomic E-state index is 0.784. The Morgan fingerprint density at radius 2 is 0.714 bits per heavy atom. The van der Waals surface area contributed by atoms with Crippen LogP contribution in [0.15, 0.2) is 0 Å². The fourth-order valence-electron chi connectivity index (χ4n) is 5.94. The van der Waals surface area contributed by atoms with Crippen molar-refractivity contribution in [3.05, 3.63) is 0 Å². The molecule has 0 saturated carbocycles. The van der Waals surface area contributed by atoms with E-state index in [1.54, 1.807) is 0 Å². The maximum atomic E-state index is 2.57. The maximum absolute atomic E-state index is 2.57. The highest BCUT2D eigenvalue weighted by Gasteiger charge is 2.35. The van der Waals surface area contributed by atoms with Crippen LogP contribution in [0.3, 0.4) is 0 Å². The molecule has 0 radical (unpaired) electrons. The monoisotopic (exact) mass is 394 g/mol. The zero-order chi connectivity index (χ0) is 22.2. The second-order valence-corrected chi connectivity index (χ2v) is 11.3. The van der Waals surface area contributed by atoms with E-state index in [1.807, 2.05) is 0 Å². The summed E-state index contributed by atoms with van der Waals surface area (Å²) in [6.07, 6.45) is 5.46. The summed E-state index contributed by atoms with van der Waals surface area (Å²) in [4.78, 5) is 0. The summed E-state index contributed by atoms with van der Waals surface area (Å²) in [5.41, 5.74) is 0. The molecule has 0 fully saturated rings. The minimum Gasteiger partial charge on any atom is -0.0654 e. The standard InChI is InChI=1S/C28H58/c1-14-16-19(5)28(17-15-2)27(13)26(12)25(11)24(10)23(9)22(8)21(7)20(6)18(3)4/h18-28H,14-17H2,1-13H3. The van der Waals surface area contributed by atoms with Gasteiger partial charge < -0.3 is 0 Å². The predicted molar refractivity (Wildman–Crippen MR) is 131 cm³/mol. The number of hydrogen-bond donors (Lipinski definition) is 0. The summed E-state index contributed by atoms with van der Waals surface area (Å²) in [5, 5.41) is 0. The zero-order valence-corrected chi connectivity index (χ0v) is 22.2. The van der Waals surface area contributed by atoms with Gasteiger partial charge in [0.05, 0.1) is 0 Å². The molecule has 0 amide bonds. The first kappa shape index (κ1) is 28.0. The summed E-state index contributed by atoms with van der Waals surface area (Å²) in [6, 6.07) is 0. The minimum atomic E-state index is 0.784. The highest BCUT2D eigenvalue weighted by Crippen LogP contribution is 2.42. The first-order valence-electron chi connectivity index (χ1n) is 12.9. The summed E-state index contributed by atoms with van der Waals surface area (Å²) >= 11 is 0. The van der Waals surface area contributed by atoms with Crippen LogP contribution in [0.2, 0.25) is 0 Å². The Hall–Kier alpha value is 0. The van der Waals surface area contributed by atoms with Crippen LogP contribution in [0.25, 0.3) is 0 Å². The second kappa shape index (κ2) is 13.3. The van der Waals surface area contributed by atoms with Gasteiger partial charge in [-0.3, -0.25) is 0 Å². The van der Waals surface area contributed by atoms with Gasteiger partial charge in [-0.15, -0.1) is 0 Å². The Morgan fingerprint density at radius 1 is 0.393 bits per heavy atom. The molecular formula is C28H58. The average molecular weight is 395 g/mol. The zero-order valence-electron chi connectivity index (χ0n) is 22.2. The number of rotatable bonds is 14. The van der Waals surface area contributed by atoms with Crippen LogP contribution in [0.1, 0.15) is 116 Å². The van der Waals surface area contributed by atoms with Gasteiger partial charge in [0.15, 0.2) is 0 Å². The maximum Gasteiger partial charge on any atom is -0.0360 e. The molecule has 0 aromatic heterocycles. The van der Waals surface area contributed by atoms with Crippen LogP contribution in [0.5, 0.6) is 0 Å². The Labute approximate surface area is 181 Å². The van der Waals surface area contributed by atoms with Crippen molar-refractivity contribution >= 4 is 0 Å². The van der Waals surface area contributed by atoms with Gasteiger partial charge in [0.1, 0.15) is 0 Å². The van der Waals surface area contributed by atoms with E-state index >= 15 is 0 Å². The molecule has 0 aromatic carbocycles. The molecule has 10 unspecified atom stereocenters. The van der Waals surface area contributed by atoms with E-state index in [9.17, 15) is 0 Å². The van der Waals surface area contributed by atoms with Crippen molar-refractivity contribution in [3.63, 3.8) is 0 Å². The summed E-state index contributed by atoms with van der Waals surface area (Å²) in [6.45, 7) is 32.3. The van der Waals surface area contributed by atoms with E-state index in [4.69, 9.17) is 0 Å². The van der Waals surface area contributed by atoms with Crippen molar-refractivity contribution < 1.29 is 0 Å². The van der Waals surface area contributed by atoms with Crippen molar-refractivity contribution in [2.24, 2.45) is 65.1 Å². The van der Waals surface area contributed by atoms with Crippen LogP contribution in [0, 0.1) is 65.1 Å². The van der Waals surface area contributed by atoms with Crippen LogP contribution in [-0.4, -0.2) is 0 Å². The van der Waals surface area contributed by atoms with Crippen LogP contribution in [0.4, 0.5) is 0 Å². The molecule has 0 heteroatoms. The lowest BCUT2D eigenvalue weighted by molar-refractivity contribution is 0.0689. The van der Waals surface area contributed by atoms with Gasteiger partial charge in [0.2, 0.25) is 0 Å². The molecule has 0 heterocycles. The molecule has 0 spiro atoms. The normalized spacial score (nSPS) is 23.4. The third kappa shape index (κ3) is 7.68. The van der Waals surface area contributed by atoms with Gasteiger partial charge in [-0.2, -0.15) is 0 Å². The summed E-state index contributed by atoms with van der Waals surface area (Å²) < 4.78 is 0. The molecule has 28 heavy (non-hydrogen) atoms. The van der Waals surface area contributed by atoms with Crippen LogP contribution in [-0.2, 0) is 0 Å². The van der Waals surface area contributed by atoms with E-state index in [2.05, 4.69) is 90.0 Å². The fourth-order valence-corrected chi connectivity index (χ4v) is 5.94. The molecule has 0 N–H and O–H groups in total. The van der Waals surface area contributed by atoms with E-state index < -0.39 is 0 Å². The molecule has 10 atom stereocenters. The lowest BCUT2D eigenvalue weighted by Crippen LogP contribution is -2.35. The molecule has 0 nitrogen and oxygen atoms in total. The lowest BCUT2D eigenvalue weighted by atomic mass is 9.63. The van der Waals surface area contributed by atoms with Crippen molar-refractivity contribution in [1.29, 1.82) is 0 Å². The van der Waals surface area contributed by atoms with E-state index in [-0.39, 0.29) is 0 Å². The quantitative estimate of drug-likeness (QED) is 0.275. The van der Waals surface area contributed by atoms with Gasteiger partial charge in [0.25, 0.3) is 0 Å². The molecule has 0 aliphatic heterocycles. The highest BCUT2D eigenvalue weighted by atomic mass is 14.4. The van der Waals surface area contributed by atoms with Crippen molar-refractivity contribution in [2.75, 3.05) is 0 Å². The van der Waals surface area contributed by atoms with E-state index in [0.717, 1.165) is 65.1 Å². The Balaban J connectivity index is 5.17. The smallest absolute Gasteiger partial charge is 0.0360 e. The first-order valence-corrected chi connectivity index (χ1v) is 12.9. The topological polar surface area (TPSA) is 0 Å². The van der Waals surface area contributed by atoms with Gasteiger partial charge in [-0.1, -0.05) is 116 Å². The van der Waals surface area contributed by atoms with Gasteiger partial charge in [0, 0.05) is 0 Å². The predicted octanol–water partition coefficient (Wildman–Crippen LogP) is 9.58. The molecule has 170 valence electrons. The largest absolute Gasteiger partial charge is 0.0654 e. The molecule has 0 aliphatic rings. The Kier molecular flexibility index (Phi) is 13.3. The molecule has 0 aromatic rings. The summed E-state index contributed by atoms with van der Waals surface area (Å²) in [7, 11) is 0. The molecule has 0 saturated heterocycles. The van der Waals surface area contributed by atoms with Crippen molar-refractivity contribution in [2.45, 2.75) is 116 Å². The second-order valence-electron chi connectivity index (χ2n) is 11.3. The Morgan fingerprint density at radius 3 is 1.04 bits per heavy atom. The van der Waals surface area contributed by atoms with Crippen molar-refractivity contribution in [1.82, 2.24) is 0 Å². The molecular weight excluding hydrogens is 336 g/mol. The third-order valence-electron chi connectivity index (χ3n) is 9.63. The van der Waals surface area contributed by atoms with Gasteiger partial charge in [-0.25, -0.2) is 0 Å². The first-order chi connectivity index (χ1) is 12.9. The SMILES string of the molecule is CCCC(C)C(CCC)C(C)C(C)C(C)C(C)C(C)C(C)C(C)C(C)C(C)C. The lowest BCUT2D eigenvalue weighted by Gasteiger charge is -2.42. The molecule has 0 bridgehead atoms. The highest BCUT2D eigenvalue weighted by molar-refractivity contribution is 4.84. The third-order valence-corrected chi connectivity index (χ3v) is 9.63. The Bertz CT molecular complexity index is 383. The fraction of sp³-hybridized carbons (Fsp3) is 1.00. The van der Waals surface area contributed by atoms with Crippen LogP contribution >= 0.6 is 0 Å². The molecule has 0 aliphatic carbocycles. The number of hydrogen-bond acceptors (Lipinski definition) is 0. The molecule has 0 rings (SSSR count). The van der Waals surface area contributed by atoms with Crippen LogP contribution < -0.4 is 0 Å². The van der Waals surface area contributed by atoms with Gasteiger partial charge in [-0.05, 0) is 65.1 Å². The summed E-state index contributed by atoms with van der Waals surface area (Å²) in [5.74, 6) is 8.95. The van der Waals surface area contributed by atoms with E-state index in [0.29, 0.717) is 0 Å². The van der Waals surface area contributed by atoms with Crippen molar-refractivity contribution in [3.8, 4) is 0 Å².